The number of methoxy groups -OCH3 is 2. The van der Waals surface area contributed by atoms with Gasteiger partial charge in [0.25, 0.3) is 5.91 Å². The number of carbonyl (C=O) groups excluding carboxylic acids is 2. The van der Waals surface area contributed by atoms with Crippen LogP contribution in [0.25, 0.3) is 0 Å². The van der Waals surface area contributed by atoms with E-state index in [9.17, 15) is 9.59 Å². The van der Waals surface area contributed by atoms with Gasteiger partial charge >= 0.3 is 5.97 Å². The van der Waals surface area contributed by atoms with E-state index in [1.165, 1.54) is 14.2 Å². The average molecular weight is 337 g/mol. The fourth-order valence-electron chi connectivity index (χ4n) is 2.29. The van der Waals surface area contributed by atoms with Gasteiger partial charge in [0.15, 0.2) is 0 Å². The minimum atomic E-state index is -0.488. The van der Waals surface area contributed by atoms with Crippen molar-refractivity contribution in [2.75, 3.05) is 19.5 Å². The van der Waals surface area contributed by atoms with Gasteiger partial charge in [0.1, 0.15) is 11.4 Å². The molecule has 1 aromatic heterocycles. The number of nitrogens with one attached hydrogen (secondary N) is 2. The maximum atomic E-state index is 12.4. The lowest BCUT2D eigenvalue weighted by Gasteiger charge is -2.08. The highest BCUT2D eigenvalue weighted by Crippen LogP contribution is 2.27. The zero-order valence-corrected chi connectivity index (χ0v) is 14.0. The second-order valence-corrected chi connectivity index (χ2v) is 5.32. The van der Waals surface area contributed by atoms with E-state index in [1.807, 2.05) is 0 Å². The Labute approximate surface area is 138 Å². The second-order valence-electron chi connectivity index (χ2n) is 4.92. The van der Waals surface area contributed by atoms with Crippen LogP contribution in [0.4, 0.5) is 5.69 Å². The largest absolute Gasteiger partial charge is 0.497 e. The van der Waals surface area contributed by atoms with Gasteiger partial charge in [-0.3, -0.25) is 4.79 Å². The SMILES string of the molecule is COC(=O)c1c(C)[nH]c(C(=O)Nc2ccc(OC)cc2Cl)c1C. The molecular formula is C16H17ClN2O4. The van der Waals surface area contributed by atoms with Crippen molar-refractivity contribution in [3.05, 3.63) is 45.7 Å². The Hall–Kier alpha value is -2.47. The quantitative estimate of drug-likeness (QED) is 0.839. The number of H-pyrrole nitrogens is 1. The third-order valence-electron chi connectivity index (χ3n) is 3.48. The second kappa shape index (κ2) is 6.75. The predicted molar refractivity (Wildman–Crippen MR) is 87.6 cm³/mol. The average Bonchev–Trinajstić information content (AvgIpc) is 2.83. The third kappa shape index (κ3) is 3.32. The number of aromatic amines is 1. The molecule has 0 radical (unpaired) electrons. The van der Waals surface area contributed by atoms with Crippen molar-refractivity contribution < 1.29 is 19.1 Å². The number of hydrogen-bond acceptors (Lipinski definition) is 4. The molecule has 0 bridgehead atoms. The summed E-state index contributed by atoms with van der Waals surface area (Å²) in [5.41, 5.74) is 2.19. The van der Waals surface area contributed by atoms with E-state index < -0.39 is 11.9 Å². The summed E-state index contributed by atoms with van der Waals surface area (Å²) in [5, 5.41) is 3.06. The number of amides is 1. The van der Waals surface area contributed by atoms with E-state index in [4.69, 9.17) is 21.1 Å². The molecule has 2 aromatic rings. The Balaban J connectivity index is 2.30. The van der Waals surface area contributed by atoms with Crippen LogP contribution in [-0.4, -0.2) is 31.1 Å². The molecule has 23 heavy (non-hydrogen) atoms. The monoisotopic (exact) mass is 336 g/mol. The smallest absolute Gasteiger partial charge is 0.339 e. The molecule has 0 aliphatic carbocycles. The molecule has 1 aromatic carbocycles. The number of benzene rings is 1. The van der Waals surface area contributed by atoms with Gasteiger partial charge in [0.2, 0.25) is 0 Å². The molecule has 0 saturated heterocycles. The molecule has 1 amide bonds. The van der Waals surface area contributed by atoms with Crippen LogP contribution in [0.2, 0.25) is 5.02 Å². The van der Waals surface area contributed by atoms with Crippen molar-refractivity contribution in [2.45, 2.75) is 13.8 Å². The fraction of sp³-hybridized carbons (Fsp3) is 0.250. The summed E-state index contributed by atoms with van der Waals surface area (Å²) in [6.07, 6.45) is 0. The summed E-state index contributed by atoms with van der Waals surface area (Å²) >= 11 is 6.11. The molecule has 2 N–H and O–H groups in total. The van der Waals surface area contributed by atoms with Crippen molar-refractivity contribution in [3.8, 4) is 5.75 Å². The summed E-state index contributed by atoms with van der Waals surface area (Å²) in [6, 6.07) is 4.93. The number of carbonyl (C=O) groups is 2. The standard InChI is InChI=1S/C16H17ClN2O4/c1-8-13(16(21)23-4)9(2)18-14(8)15(20)19-12-6-5-10(22-3)7-11(12)17/h5-7,18H,1-4H3,(H,19,20). The molecule has 2 rings (SSSR count). The van der Waals surface area contributed by atoms with Crippen LogP contribution in [0.15, 0.2) is 18.2 Å². The first kappa shape index (κ1) is 16.9. The van der Waals surface area contributed by atoms with Crippen LogP contribution in [-0.2, 0) is 4.74 Å². The summed E-state index contributed by atoms with van der Waals surface area (Å²) in [6.45, 7) is 3.39. The highest BCUT2D eigenvalue weighted by molar-refractivity contribution is 6.34. The minimum absolute atomic E-state index is 0.287. The van der Waals surface area contributed by atoms with Gasteiger partial charge in [-0.25, -0.2) is 4.79 Å². The van der Waals surface area contributed by atoms with E-state index in [-0.39, 0.29) is 5.69 Å². The first-order valence-corrected chi connectivity index (χ1v) is 7.19. The molecule has 0 aliphatic heterocycles. The van der Waals surface area contributed by atoms with Crippen LogP contribution < -0.4 is 10.1 Å². The highest BCUT2D eigenvalue weighted by atomic mass is 35.5. The fourth-order valence-corrected chi connectivity index (χ4v) is 2.51. The Bertz CT molecular complexity index is 768. The number of anilines is 1. The maximum Gasteiger partial charge on any atom is 0.339 e. The molecular weight excluding hydrogens is 320 g/mol. The first-order valence-electron chi connectivity index (χ1n) is 6.81. The number of hydrogen-bond donors (Lipinski definition) is 2. The van der Waals surface area contributed by atoms with E-state index in [2.05, 4.69) is 10.3 Å². The van der Waals surface area contributed by atoms with E-state index in [0.717, 1.165) is 0 Å². The van der Waals surface area contributed by atoms with Crippen molar-refractivity contribution >= 4 is 29.2 Å². The summed E-state index contributed by atoms with van der Waals surface area (Å²) in [7, 11) is 2.83. The minimum Gasteiger partial charge on any atom is -0.497 e. The van der Waals surface area contributed by atoms with Gasteiger partial charge in [0.05, 0.1) is 30.5 Å². The lowest BCUT2D eigenvalue weighted by molar-refractivity contribution is 0.0599. The normalized spacial score (nSPS) is 10.3. The molecule has 1 heterocycles. The first-order chi connectivity index (χ1) is 10.9. The van der Waals surface area contributed by atoms with Crippen molar-refractivity contribution in [3.63, 3.8) is 0 Å². The Morgan fingerprint density at radius 3 is 2.48 bits per heavy atom. The summed E-state index contributed by atoms with van der Waals surface area (Å²) in [5.74, 6) is -0.293. The molecule has 122 valence electrons. The van der Waals surface area contributed by atoms with Gasteiger partial charge in [0, 0.05) is 11.8 Å². The zero-order valence-electron chi connectivity index (χ0n) is 13.2. The van der Waals surface area contributed by atoms with E-state index in [0.29, 0.717) is 33.3 Å². The molecule has 6 nitrogen and oxygen atoms in total. The maximum absolute atomic E-state index is 12.4. The third-order valence-corrected chi connectivity index (χ3v) is 3.79. The molecule has 0 aliphatic rings. The van der Waals surface area contributed by atoms with Crippen molar-refractivity contribution in [2.24, 2.45) is 0 Å². The van der Waals surface area contributed by atoms with Gasteiger partial charge in [-0.05, 0) is 31.5 Å². The summed E-state index contributed by atoms with van der Waals surface area (Å²) < 4.78 is 9.79. The number of rotatable bonds is 4. The van der Waals surface area contributed by atoms with Crippen LogP contribution >= 0.6 is 11.6 Å². The van der Waals surface area contributed by atoms with Gasteiger partial charge < -0.3 is 19.8 Å². The Kier molecular flexibility index (Phi) is 4.95. The lowest BCUT2D eigenvalue weighted by Crippen LogP contribution is -2.14. The van der Waals surface area contributed by atoms with Gasteiger partial charge in [-0.2, -0.15) is 0 Å². The predicted octanol–water partition coefficient (Wildman–Crippen LogP) is 3.33. The van der Waals surface area contributed by atoms with Crippen LogP contribution in [0.3, 0.4) is 0 Å². The number of aromatic nitrogens is 1. The Morgan fingerprint density at radius 1 is 1.22 bits per heavy atom. The van der Waals surface area contributed by atoms with Gasteiger partial charge in [-0.1, -0.05) is 11.6 Å². The number of halogens is 1. The molecule has 0 unspecified atom stereocenters. The van der Waals surface area contributed by atoms with Crippen molar-refractivity contribution in [1.29, 1.82) is 0 Å². The van der Waals surface area contributed by atoms with Crippen LogP contribution in [0.5, 0.6) is 5.75 Å². The van der Waals surface area contributed by atoms with Gasteiger partial charge in [-0.15, -0.1) is 0 Å². The highest BCUT2D eigenvalue weighted by Gasteiger charge is 2.22. The van der Waals surface area contributed by atoms with E-state index in [1.54, 1.807) is 32.0 Å². The molecule has 0 atom stereocenters. The molecule has 0 fully saturated rings. The van der Waals surface area contributed by atoms with Crippen LogP contribution in [0.1, 0.15) is 32.1 Å². The number of esters is 1. The van der Waals surface area contributed by atoms with E-state index >= 15 is 0 Å². The Morgan fingerprint density at radius 2 is 1.91 bits per heavy atom. The number of ether oxygens (including phenoxy) is 2. The summed E-state index contributed by atoms with van der Waals surface area (Å²) in [4.78, 5) is 27.1. The molecule has 7 heteroatoms. The molecule has 0 spiro atoms. The molecule has 0 saturated carbocycles. The zero-order chi connectivity index (χ0) is 17.1. The topological polar surface area (TPSA) is 80.4 Å². The number of aryl methyl sites for hydroxylation is 1. The van der Waals surface area contributed by atoms with Crippen LogP contribution in [0, 0.1) is 13.8 Å². The lowest BCUT2D eigenvalue weighted by atomic mass is 10.1. The van der Waals surface area contributed by atoms with Crippen molar-refractivity contribution in [1.82, 2.24) is 4.98 Å².